The van der Waals surface area contributed by atoms with Gasteiger partial charge in [0, 0.05) is 0 Å². The number of nitrogens with one attached hydrogen (secondary N) is 5. The number of carbonyl (C=O) groups is 6. The van der Waals surface area contributed by atoms with Crippen molar-refractivity contribution in [1.29, 1.82) is 0 Å². The second kappa shape index (κ2) is 16.6. The molecule has 0 radical (unpaired) electrons. The molecule has 0 saturated carbocycles. The van der Waals surface area contributed by atoms with Crippen LogP contribution in [0.4, 0.5) is 0 Å². The third-order valence-corrected chi connectivity index (χ3v) is 6.31. The number of carboxylic acids is 1. The Hall–Kier alpha value is -3.26. The van der Waals surface area contributed by atoms with E-state index in [-0.39, 0.29) is 11.8 Å². The van der Waals surface area contributed by atoms with Crippen LogP contribution in [0.15, 0.2) is 0 Å². The number of hydrogen-bond acceptors (Lipinski definition) is 8. The standard InChI is InChI=1S/C25H46N6O8/c1-9-13(6)19(31-22(35)16(26)10-32)24(37)28-14(7)20(33)29-17(11(2)3)23(36)27-15(8)21(34)30-18(12(4)5)25(38)39/h11-19,32H,9-10,26H2,1-8H3,(H,27,36)(H,28,37)(H,29,33)(H,30,34)(H,31,35)(H,38,39)/t13-,14-,15-,16-,17-,18-,19-/m0/s1. The quantitative estimate of drug-likeness (QED) is 0.107. The molecule has 0 heterocycles. The second-order valence-corrected chi connectivity index (χ2v) is 10.4. The van der Waals surface area contributed by atoms with Crippen LogP contribution in [0.3, 0.4) is 0 Å². The fourth-order valence-electron chi connectivity index (χ4n) is 3.39. The first kappa shape index (κ1) is 35.7. The van der Waals surface area contributed by atoms with Gasteiger partial charge in [0.05, 0.1) is 6.61 Å². The van der Waals surface area contributed by atoms with E-state index in [2.05, 4.69) is 26.6 Å². The second-order valence-electron chi connectivity index (χ2n) is 10.4. The average molecular weight is 559 g/mol. The summed E-state index contributed by atoms with van der Waals surface area (Å²) in [5.74, 6) is -5.69. The lowest BCUT2D eigenvalue weighted by Crippen LogP contribution is -2.60. The van der Waals surface area contributed by atoms with Crippen LogP contribution in [-0.2, 0) is 28.8 Å². The van der Waals surface area contributed by atoms with Crippen LogP contribution in [0.5, 0.6) is 0 Å². The fraction of sp³-hybridized carbons (Fsp3) is 0.760. The molecule has 0 unspecified atom stereocenters. The lowest BCUT2D eigenvalue weighted by molar-refractivity contribution is -0.143. The first-order valence-electron chi connectivity index (χ1n) is 13.1. The van der Waals surface area contributed by atoms with Crippen molar-refractivity contribution in [3.8, 4) is 0 Å². The van der Waals surface area contributed by atoms with Gasteiger partial charge in [-0.15, -0.1) is 0 Å². The van der Waals surface area contributed by atoms with Gasteiger partial charge >= 0.3 is 5.97 Å². The summed E-state index contributed by atoms with van der Waals surface area (Å²) in [5.41, 5.74) is 5.52. The van der Waals surface area contributed by atoms with Crippen molar-refractivity contribution in [2.75, 3.05) is 6.61 Å². The molecule has 7 atom stereocenters. The first-order chi connectivity index (χ1) is 18.0. The van der Waals surface area contributed by atoms with Crippen LogP contribution < -0.4 is 32.3 Å². The third-order valence-electron chi connectivity index (χ3n) is 6.31. The SMILES string of the molecule is CC[C@H](C)[C@H](NC(=O)[C@@H](N)CO)C(=O)N[C@@H](C)C(=O)N[C@H](C(=O)N[C@@H](C)C(=O)N[C@H](C(=O)O)C(C)C)C(C)C. The number of carboxylic acid groups (broad SMARTS) is 1. The molecule has 39 heavy (non-hydrogen) atoms. The maximum Gasteiger partial charge on any atom is 0.326 e. The molecule has 0 rings (SSSR count). The summed E-state index contributed by atoms with van der Waals surface area (Å²) < 4.78 is 0. The maximum absolute atomic E-state index is 12.9. The molecule has 9 N–H and O–H groups in total. The largest absolute Gasteiger partial charge is 0.480 e. The van der Waals surface area contributed by atoms with Gasteiger partial charge in [-0.05, 0) is 31.6 Å². The number of carbonyl (C=O) groups excluding carboxylic acids is 5. The summed E-state index contributed by atoms with van der Waals surface area (Å²) in [7, 11) is 0. The van der Waals surface area contributed by atoms with Crippen molar-refractivity contribution < 1.29 is 39.0 Å². The molecule has 14 nitrogen and oxygen atoms in total. The van der Waals surface area contributed by atoms with Crippen molar-refractivity contribution in [2.24, 2.45) is 23.5 Å². The van der Waals surface area contributed by atoms with Crippen molar-refractivity contribution in [3.63, 3.8) is 0 Å². The molecule has 0 fully saturated rings. The van der Waals surface area contributed by atoms with Gasteiger partial charge in [-0.1, -0.05) is 48.0 Å². The van der Waals surface area contributed by atoms with Gasteiger partial charge < -0.3 is 42.5 Å². The molecule has 0 spiro atoms. The topological polar surface area (TPSA) is 229 Å². The van der Waals surface area contributed by atoms with E-state index in [0.29, 0.717) is 6.42 Å². The summed E-state index contributed by atoms with van der Waals surface area (Å²) in [5, 5.41) is 30.8. The fourth-order valence-corrected chi connectivity index (χ4v) is 3.39. The van der Waals surface area contributed by atoms with Crippen LogP contribution in [0.1, 0.15) is 61.8 Å². The molecule has 5 amide bonds. The minimum atomic E-state index is -1.21. The van der Waals surface area contributed by atoms with Gasteiger partial charge in [-0.25, -0.2) is 4.79 Å². The Morgan fingerprint density at radius 2 is 1.00 bits per heavy atom. The summed E-state index contributed by atoms with van der Waals surface area (Å²) >= 11 is 0. The van der Waals surface area contributed by atoms with Crippen LogP contribution in [-0.4, -0.2) is 88.6 Å². The summed E-state index contributed by atoms with van der Waals surface area (Å²) in [4.78, 5) is 74.6. The Morgan fingerprint density at radius 1 is 0.615 bits per heavy atom. The minimum Gasteiger partial charge on any atom is -0.480 e. The zero-order chi connectivity index (χ0) is 30.6. The number of nitrogens with two attached hydrogens (primary N) is 1. The molecule has 0 bridgehead atoms. The number of aliphatic hydroxyl groups is 1. The van der Waals surface area contributed by atoms with E-state index >= 15 is 0 Å². The Kier molecular flexibility index (Phi) is 15.3. The van der Waals surface area contributed by atoms with Gasteiger partial charge in [0.25, 0.3) is 0 Å². The molecular weight excluding hydrogens is 512 g/mol. The minimum absolute atomic E-state index is 0.312. The first-order valence-corrected chi connectivity index (χ1v) is 13.1. The normalized spacial score (nSPS) is 16.6. The summed E-state index contributed by atoms with van der Waals surface area (Å²) in [6.07, 6.45) is 0.527. The van der Waals surface area contributed by atoms with Gasteiger partial charge in [0.2, 0.25) is 29.5 Å². The number of hydrogen-bond donors (Lipinski definition) is 8. The highest BCUT2D eigenvalue weighted by molar-refractivity contribution is 5.96. The Labute approximate surface area is 229 Å². The van der Waals surface area contributed by atoms with Crippen LogP contribution in [0.2, 0.25) is 0 Å². The van der Waals surface area contributed by atoms with Crippen LogP contribution >= 0.6 is 0 Å². The molecular formula is C25H46N6O8. The summed E-state index contributed by atoms with van der Waals surface area (Å²) in [6.45, 7) is 12.4. The summed E-state index contributed by atoms with van der Waals surface area (Å²) in [6, 6.07) is -6.60. The lowest BCUT2D eigenvalue weighted by Gasteiger charge is -2.28. The predicted octanol–water partition coefficient (Wildman–Crippen LogP) is -1.79. The Bertz CT molecular complexity index is 881. The van der Waals surface area contributed by atoms with Gasteiger partial charge in [-0.3, -0.25) is 24.0 Å². The maximum atomic E-state index is 12.9. The number of aliphatic hydroxyl groups excluding tert-OH is 1. The van der Waals surface area contributed by atoms with E-state index in [1.807, 2.05) is 6.92 Å². The van der Waals surface area contributed by atoms with E-state index in [1.54, 1.807) is 34.6 Å². The molecule has 0 aromatic rings. The van der Waals surface area contributed by atoms with Gasteiger partial charge in [0.15, 0.2) is 0 Å². The van der Waals surface area contributed by atoms with Crippen molar-refractivity contribution >= 4 is 35.5 Å². The Morgan fingerprint density at radius 3 is 1.36 bits per heavy atom. The number of rotatable bonds is 16. The van der Waals surface area contributed by atoms with Crippen molar-refractivity contribution in [2.45, 2.75) is 98.1 Å². The van der Waals surface area contributed by atoms with E-state index in [1.165, 1.54) is 13.8 Å². The number of amides is 5. The molecule has 0 aromatic heterocycles. The molecule has 0 saturated heterocycles. The highest BCUT2D eigenvalue weighted by Gasteiger charge is 2.33. The van der Waals surface area contributed by atoms with Gasteiger partial charge in [-0.2, -0.15) is 0 Å². The molecule has 0 aromatic carbocycles. The third kappa shape index (κ3) is 11.6. The van der Waals surface area contributed by atoms with Crippen LogP contribution in [0, 0.1) is 17.8 Å². The van der Waals surface area contributed by atoms with Crippen LogP contribution in [0.25, 0.3) is 0 Å². The smallest absolute Gasteiger partial charge is 0.326 e. The van der Waals surface area contributed by atoms with E-state index in [4.69, 9.17) is 10.8 Å². The monoisotopic (exact) mass is 558 g/mol. The number of aliphatic carboxylic acids is 1. The highest BCUT2D eigenvalue weighted by atomic mass is 16.4. The molecule has 0 aliphatic heterocycles. The molecule has 0 aliphatic carbocycles. The Balaban J connectivity index is 5.35. The van der Waals surface area contributed by atoms with E-state index < -0.39 is 84.3 Å². The molecule has 0 aliphatic rings. The average Bonchev–Trinajstić information content (AvgIpc) is 2.86. The van der Waals surface area contributed by atoms with E-state index in [9.17, 15) is 33.9 Å². The van der Waals surface area contributed by atoms with Crippen molar-refractivity contribution in [1.82, 2.24) is 26.6 Å². The van der Waals surface area contributed by atoms with Crippen molar-refractivity contribution in [3.05, 3.63) is 0 Å². The van der Waals surface area contributed by atoms with Gasteiger partial charge in [0.1, 0.15) is 36.3 Å². The highest BCUT2D eigenvalue weighted by Crippen LogP contribution is 2.09. The molecule has 14 heteroatoms. The van der Waals surface area contributed by atoms with E-state index in [0.717, 1.165) is 0 Å². The lowest BCUT2D eigenvalue weighted by atomic mass is 9.97. The molecule has 224 valence electrons. The predicted molar refractivity (Wildman–Crippen MR) is 143 cm³/mol. The zero-order valence-electron chi connectivity index (χ0n) is 24.0. The zero-order valence-corrected chi connectivity index (χ0v) is 24.0.